The van der Waals surface area contributed by atoms with Crippen molar-refractivity contribution in [2.24, 2.45) is 11.8 Å². The first-order chi connectivity index (χ1) is 10.0. The largest absolute Gasteiger partial charge is 0.376 e. The minimum absolute atomic E-state index is 0.0201. The van der Waals surface area contributed by atoms with E-state index in [1.807, 2.05) is 11.6 Å². The van der Waals surface area contributed by atoms with Crippen LogP contribution in [0.25, 0.3) is 0 Å². The molecule has 0 saturated carbocycles. The Morgan fingerprint density at radius 2 is 2.43 bits per heavy atom. The minimum Gasteiger partial charge on any atom is -0.376 e. The van der Waals surface area contributed by atoms with Crippen LogP contribution in [0.1, 0.15) is 11.4 Å². The number of sulfonamides is 1. The number of fused-ring (bicyclic) bond motifs is 1. The van der Waals surface area contributed by atoms with Crippen LogP contribution in [0.4, 0.5) is 0 Å². The Balaban J connectivity index is 1.52. The monoisotopic (exact) mass is 331 g/mol. The number of aromatic nitrogens is 1. The van der Waals surface area contributed by atoms with E-state index in [9.17, 15) is 8.42 Å². The normalized spacial score (nSPS) is 30.4. The maximum atomic E-state index is 11.2. The molecule has 1 N–H and O–H groups in total. The zero-order valence-electron chi connectivity index (χ0n) is 12.1. The summed E-state index contributed by atoms with van der Waals surface area (Å²) in [4.78, 5) is 6.76. The van der Waals surface area contributed by atoms with Crippen LogP contribution in [-0.4, -0.2) is 56.9 Å². The smallest absolute Gasteiger partial charge is 0.208 e. The molecule has 0 spiro atoms. The maximum absolute atomic E-state index is 11.2. The molecule has 0 unspecified atom stereocenters. The molecule has 0 aliphatic carbocycles. The van der Waals surface area contributed by atoms with Crippen molar-refractivity contribution in [1.82, 2.24) is 14.6 Å². The Morgan fingerprint density at radius 1 is 1.57 bits per heavy atom. The van der Waals surface area contributed by atoms with E-state index in [0.717, 1.165) is 37.7 Å². The first-order valence-corrected chi connectivity index (χ1v) is 9.95. The van der Waals surface area contributed by atoms with Crippen LogP contribution in [-0.2, 0) is 21.3 Å². The average Bonchev–Trinajstić information content (AvgIpc) is 3.04. The number of nitrogens with zero attached hydrogens (tertiary/aromatic N) is 2. The third kappa shape index (κ3) is 4.01. The number of hydrogen-bond donors (Lipinski definition) is 1. The summed E-state index contributed by atoms with van der Waals surface area (Å²) in [5.74, 6) is 0.969. The lowest BCUT2D eigenvalue weighted by atomic mass is 9.84. The molecule has 2 saturated heterocycles. The van der Waals surface area contributed by atoms with Crippen LogP contribution in [0.2, 0.25) is 0 Å². The van der Waals surface area contributed by atoms with Crippen LogP contribution in [0.5, 0.6) is 0 Å². The van der Waals surface area contributed by atoms with Gasteiger partial charge in [0, 0.05) is 30.6 Å². The molecule has 2 aliphatic heterocycles. The van der Waals surface area contributed by atoms with E-state index in [2.05, 4.69) is 14.6 Å². The molecule has 1 aromatic heterocycles. The van der Waals surface area contributed by atoms with E-state index in [0.29, 0.717) is 18.4 Å². The SMILES string of the molecule is CS(=O)(=O)NC[C@@H]1OC[C@@H]2CN(Cc3nccs3)CC[C@@H]21. The zero-order valence-corrected chi connectivity index (χ0v) is 13.7. The second-order valence-electron chi connectivity index (χ2n) is 5.87. The molecule has 2 fully saturated rings. The lowest BCUT2D eigenvalue weighted by Gasteiger charge is -2.35. The van der Waals surface area contributed by atoms with Gasteiger partial charge in [-0.05, 0) is 18.9 Å². The highest BCUT2D eigenvalue weighted by atomic mass is 32.2. The molecule has 8 heteroatoms. The molecule has 21 heavy (non-hydrogen) atoms. The zero-order chi connectivity index (χ0) is 14.9. The molecule has 3 atom stereocenters. The third-order valence-corrected chi connectivity index (χ3v) is 5.72. The maximum Gasteiger partial charge on any atom is 0.208 e. The lowest BCUT2D eigenvalue weighted by Crippen LogP contribution is -2.43. The molecule has 0 bridgehead atoms. The topological polar surface area (TPSA) is 71.5 Å². The number of likely N-dealkylation sites (tertiary alicyclic amines) is 1. The Morgan fingerprint density at radius 3 is 3.14 bits per heavy atom. The van der Waals surface area contributed by atoms with Crippen molar-refractivity contribution in [1.29, 1.82) is 0 Å². The van der Waals surface area contributed by atoms with Crippen molar-refractivity contribution < 1.29 is 13.2 Å². The Kier molecular flexibility index (Phi) is 4.60. The van der Waals surface area contributed by atoms with Crippen LogP contribution in [0, 0.1) is 11.8 Å². The van der Waals surface area contributed by atoms with Gasteiger partial charge in [0.1, 0.15) is 5.01 Å². The predicted octanol–water partition coefficient (Wildman–Crippen LogP) is 0.529. The number of piperidine rings is 1. The summed E-state index contributed by atoms with van der Waals surface area (Å²) in [5.41, 5.74) is 0. The quantitative estimate of drug-likeness (QED) is 0.852. The summed E-state index contributed by atoms with van der Waals surface area (Å²) in [6.45, 7) is 4.08. The van der Waals surface area contributed by atoms with Gasteiger partial charge in [-0.2, -0.15) is 0 Å². The van der Waals surface area contributed by atoms with Gasteiger partial charge in [0.15, 0.2) is 0 Å². The van der Waals surface area contributed by atoms with Crippen LogP contribution < -0.4 is 4.72 Å². The highest BCUT2D eigenvalue weighted by molar-refractivity contribution is 7.88. The molecule has 3 heterocycles. The van der Waals surface area contributed by atoms with Gasteiger partial charge < -0.3 is 4.74 Å². The fourth-order valence-electron chi connectivity index (χ4n) is 3.27. The van der Waals surface area contributed by atoms with Gasteiger partial charge in [-0.15, -0.1) is 11.3 Å². The van der Waals surface area contributed by atoms with Gasteiger partial charge in [-0.3, -0.25) is 4.90 Å². The van der Waals surface area contributed by atoms with Crippen molar-refractivity contribution in [3.05, 3.63) is 16.6 Å². The van der Waals surface area contributed by atoms with E-state index in [1.165, 1.54) is 6.26 Å². The number of nitrogens with one attached hydrogen (secondary N) is 1. The molecule has 3 rings (SSSR count). The number of thiazole rings is 1. The van der Waals surface area contributed by atoms with Crippen molar-refractivity contribution >= 4 is 21.4 Å². The molecule has 2 aliphatic rings. The number of rotatable bonds is 5. The molecular weight excluding hydrogens is 310 g/mol. The van der Waals surface area contributed by atoms with E-state index >= 15 is 0 Å². The van der Waals surface area contributed by atoms with E-state index in [1.54, 1.807) is 11.3 Å². The van der Waals surface area contributed by atoms with E-state index in [-0.39, 0.29) is 6.10 Å². The Labute approximate surface area is 129 Å². The van der Waals surface area contributed by atoms with Gasteiger partial charge in [0.25, 0.3) is 0 Å². The van der Waals surface area contributed by atoms with Crippen LogP contribution >= 0.6 is 11.3 Å². The lowest BCUT2D eigenvalue weighted by molar-refractivity contribution is 0.0885. The summed E-state index contributed by atoms with van der Waals surface area (Å²) >= 11 is 1.69. The highest BCUT2D eigenvalue weighted by Crippen LogP contribution is 2.34. The second-order valence-corrected chi connectivity index (χ2v) is 8.68. The molecular formula is C13H21N3O3S2. The van der Waals surface area contributed by atoms with Crippen molar-refractivity contribution in [2.75, 3.05) is 32.5 Å². The van der Waals surface area contributed by atoms with Crippen molar-refractivity contribution in [3.8, 4) is 0 Å². The first-order valence-electron chi connectivity index (χ1n) is 7.18. The molecule has 1 aromatic rings. The van der Waals surface area contributed by atoms with Crippen LogP contribution in [0.15, 0.2) is 11.6 Å². The fraction of sp³-hybridized carbons (Fsp3) is 0.769. The van der Waals surface area contributed by atoms with Gasteiger partial charge in [-0.1, -0.05) is 0 Å². The van der Waals surface area contributed by atoms with Gasteiger partial charge in [0.2, 0.25) is 10.0 Å². The van der Waals surface area contributed by atoms with E-state index < -0.39 is 10.0 Å². The van der Waals surface area contributed by atoms with Gasteiger partial charge in [0.05, 0.1) is 25.5 Å². The molecule has 0 amide bonds. The van der Waals surface area contributed by atoms with Crippen molar-refractivity contribution in [3.63, 3.8) is 0 Å². The summed E-state index contributed by atoms with van der Waals surface area (Å²) in [7, 11) is -3.14. The third-order valence-electron chi connectivity index (χ3n) is 4.27. The van der Waals surface area contributed by atoms with E-state index in [4.69, 9.17) is 4.74 Å². The predicted molar refractivity (Wildman–Crippen MR) is 81.6 cm³/mol. The molecule has 6 nitrogen and oxygen atoms in total. The summed E-state index contributed by atoms with van der Waals surface area (Å²) < 4.78 is 30.8. The van der Waals surface area contributed by atoms with Gasteiger partial charge >= 0.3 is 0 Å². The highest BCUT2D eigenvalue weighted by Gasteiger charge is 2.40. The average molecular weight is 331 g/mol. The Hall–Kier alpha value is -0.540. The fourth-order valence-corrected chi connectivity index (χ4v) is 4.40. The summed E-state index contributed by atoms with van der Waals surface area (Å²) in [6.07, 6.45) is 4.12. The molecule has 118 valence electrons. The molecule has 0 aromatic carbocycles. The number of hydrogen-bond acceptors (Lipinski definition) is 6. The standard InChI is InChI=1S/C13H21N3O3S2/c1-21(17,18)15-6-12-11-2-4-16(7-10(11)9-19-12)8-13-14-3-5-20-13/h3,5,10-12,15H,2,4,6-9H2,1H3/t10-,11-,12-/m0/s1. The summed E-state index contributed by atoms with van der Waals surface area (Å²) in [6, 6.07) is 0. The summed E-state index contributed by atoms with van der Waals surface area (Å²) in [5, 5.41) is 3.16. The van der Waals surface area contributed by atoms with Gasteiger partial charge in [-0.25, -0.2) is 18.1 Å². The minimum atomic E-state index is -3.14. The number of ether oxygens (including phenoxy) is 1. The second kappa shape index (κ2) is 6.29. The first kappa shape index (κ1) is 15.4. The Bertz CT molecular complexity index is 561. The van der Waals surface area contributed by atoms with Crippen molar-refractivity contribution in [2.45, 2.75) is 19.1 Å². The van der Waals surface area contributed by atoms with Crippen LogP contribution in [0.3, 0.4) is 0 Å². The molecule has 0 radical (unpaired) electrons.